The second-order valence-electron chi connectivity index (χ2n) is 8.25. The number of hydrogen-bond acceptors (Lipinski definition) is 5. The summed E-state index contributed by atoms with van der Waals surface area (Å²) in [6, 6.07) is 11.6. The summed E-state index contributed by atoms with van der Waals surface area (Å²) in [6.07, 6.45) is 3.59. The zero-order valence-electron chi connectivity index (χ0n) is 18.8. The summed E-state index contributed by atoms with van der Waals surface area (Å²) in [6.45, 7) is 8.58. The highest BCUT2D eigenvalue weighted by Crippen LogP contribution is 2.24. The molecule has 1 fully saturated rings. The number of nitrogens with zero attached hydrogens (tertiary/aromatic N) is 7. The minimum absolute atomic E-state index is 0.0650. The number of halogens is 1. The number of amides is 1. The van der Waals surface area contributed by atoms with Gasteiger partial charge in [-0.3, -0.25) is 14.4 Å². The summed E-state index contributed by atoms with van der Waals surface area (Å²) in [5, 5.41) is 9.86. The highest BCUT2D eigenvalue weighted by atomic mass is 35.5. The zero-order valence-corrected chi connectivity index (χ0v) is 19.5. The van der Waals surface area contributed by atoms with Crippen LogP contribution in [0.15, 0.2) is 48.8 Å². The van der Waals surface area contributed by atoms with Crippen molar-refractivity contribution in [2.24, 2.45) is 0 Å². The Balaban J connectivity index is 1.32. The molecule has 0 N–H and O–H groups in total. The predicted molar refractivity (Wildman–Crippen MR) is 127 cm³/mol. The molecule has 9 heteroatoms. The first-order valence-electron chi connectivity index (χ1n) is 11.2. The molecule has 1 aromatic carbocycles. The van der Waals surface area contributed by atoms with Crippen LogP contribution in [-0.2, 0) is 13.1 Å². The molecule has 170 valence electrons. The quantitative estimate of drug-likeness (QED) is 0.452. The highest BCUT2D eigenvalue weighted by molar-refractivity contribution is 6.31. The number of aryl methyl sites for hydroxylation is 1. The number of carbonyl (C=O) groups excluding carboxylic acids is 1. The molecule has 0 radical (unpaired) electrons. The lowest BCUT2D eigenvalue weighted by molar-refractivity contribution is 0.0622. The molecule has 0 unspecified atom stereocenters. The van der Waals surface area contributed by atoms with Gasteiger partial charge in [0.15, 0.2) is 11.3 Å². The van der Waals surface area contributed by atoms with Crippen molar-refractivity contribution in [3.63, 3.8) is 0 Å². The normalized spacial score (nSPS) is 14.8. The van der Waals surface area contributed by atoms with Crippen LogP contribution in [0, 0.1) is 6.92 Å². The standard InChI is InChI=1S/C24H26ClN7O/c1-3-31-17(2)19(15-27-31)22-8-9-26-23-14-21(28-32(22)23)24(33)30-12-10-29(11-13-30)16-18-6-4-5-7-20(18)25/h4-9,14-15H,3,10-13,16H2,1-2H3. The third kappa shape index (κ3) is 4.12. The molecule has 0 saturated carbocycles. The molecule has 8 nitrogen and oxygen atoms in total. The third-order valence-electron chi connectivity index (χ3n) is 6.27. The summed E-state index contributed by atoms with van der Waals surface area (Å²) >= 11 is 6.30. The number of aromatic nitrogens is 5. The van der Waals surface area contributed by atoms with Crippen LogP contribution in [-0.4, -0.2) is 66.3 Å². The van der Waals surface area contributed by atoms with Crippen molar-refractivity contribution in [2.45, 2.75) is 26.9 Å². The van der Waals surface area contributed by atoms with E-state index in [2.05, 4.69) is 27.0 Å². The van der Waals surface area contributed by atoms with E-state index in [-0.39, 0.29) is 5.91 Å². The van der Waals surface area contributed by atoms with Gasteiger partial charge < -0.3 is 4.90 Å². The molecule has 1 aliphatic rings. The summed E-state index contributed by atoms with van der Waals surface area (Å²) in [4.78, 5) is 21.8. The van der Waals surface area contributed by atoms with E-state index in [0.717, 1.165) is 53.7 Å². The molecule has 1 amide bonds. The van der Waals surface area contributed by atoms with Crippen molar-refractivity contribution in [3.8, 4) is 11.3 Å². The lowest BCUT2D eigenvalue weighted by atomic mass is 10.2. The van der Waals surface area contributed by atoms with Gasteiger partial charge in [-0.15, -0.1) is 0 Å². The second kappa shape index (κ2) is 8.96. The Kier molecular flexibility index (Phi) is 5.86. The van der Waals surface area contributed by atoms with Crippen molar-refractivity contribution in [1.82, 2.24) is 34.2 Å². The fraction of sp³-hybridized carbons (Fsp3) is 0.333. The van der Waals surface area contributed by atoms with E-state index < -0.39 is 0 Å². The number of fused-ring (bicyclic) bond motifs is 1. The van der Waals surface area contributed by atoms with Crippen molar-refractivity contribution in [1.29, 1.82) is 0 Å². The minimum Gasteiger partial charge on any atom is -0.335 e. The van der Waals surface area contributed by atoms with Gasteiger partial charge in [0.25, 0.3) is 5.91 Å². The van der Waals surface area contributed by atoms with Gasteiger partial charge in [0, 0.05) is 67.8 Å². The monoisotopic (exact) mass is 463 g/mol. The van der Waals surface area contributed by atoms with E-state index in [1.165, 1.54) is 0 Å². The number of carbonyl (C=O) groups is 1. The molecule has 33 heavy (non-hydrogen) atoms. The topological polar surface area (TPSA) is 71.6 Å². The lowest BCUT2D eigenvalue weighted by Crippen LogP contribution is -2.48. The van der Waals surface area contributed by atoms with Crippen LogP contribution < -0.4 is 0 Å². The van der Waals surface area contributed by atoms with Gasteiger partial charge in [0.1, 0.15) is 0 Å². The van der Waals surface area contributed by atoms with Crippen molar-refractivity contribution in [3.05, 3.63) is 70.8 Å². The van der Waals surface area contributed by atoms with Gasteiger partial charge in [-0.2, -0.15) is 10.2 Å². The van der Waals surface area contributed by atoms with Gasteiger partial charge in [0.05, 0.1) is 11.9 Å². The molecule has 0 spiro atoms. The van der Waals surface area contributed by atoms with Gasteiger partial charge >= 0.3 is 0 Å². The Morgan fingerprint density at radius 2 is 1.91 bits per heavy atom. The first-order valence-corrected chi connectivity index (χ1v) is 11.6. The van der Waals surface area contributed by atoms with Crippen LogP contribution in [0.1, 0.15) is 28.7 Å². The number of benzene rings is 1. The van der Waals surface area contributed by atoms with Gasteiger partial charge in [-0.1, -0.05) is 29.8 Å². The molecule has 5 rings (SSSR count). The van der Waals surface area contributed by atoms with Crippen molar-refractivity contribution in [2.75, 3.05) is 26.2 Å². The second-order valence-corrected chi connectivity index (χ2v) is 8.66. The molecule has 0 bridgehead atoms. The maximum Gasteiger partial charge on any atom is 0.274 e. The van der Waals surface area contributed by atoms with E-state index in [1.807, 2.05) is 53.0 Å². The van der Waals surface area contributed by atoms with Crippen LogP contribution in [0.2, 0.25) is 5.02 Å². The minimum atomic E-state index is -0.0650. The number of piperazine rings is 1. The Morgan fingerprint density at radius 3 is 2.64 bits per heavy atom. The fourth-order valence-corrected chi connectivity index (χ4v) is 4.55. The molecule has 1 saturated heterocycles. The maximum atomic E-state index is 13.2. The van der Waals surface area contributed by atoms with Crippen LogP contribution in [0.3, 0.4) is 0 Å². The molecule has 4 aromatic rings. The van der Waals surface area contributed by atoms with E-state index in [0.29, 0.717) is 24.4 Å². The van der Waals surface area contributed by atoms with Gasteiger partial charge in [0.2, 0.25) is 0 Å². The molecule has 0 atom stereocenters. The Bertz CT molecular complexity index is 1300. The van der Waals surface area contributed by atoms with Crippen LogP contribution >= 0.6 is 11.6 Å². The predicted octanol–water partition coefficient (Wildman–Crippen LogP) is 3.53. The first kappa shape index (κ1) is 21.6. The first-order chi connectivity index (χ1) is 16.0. The van der Waals surface area contributed by atoms with Crippen LogP contribution in [0.4, 0.5) is 0 Å². The Morgan fingerprint density at radius 1 is 1.12 bits per heavy atom. The van der Waals surface area contributed by atoms with Crippen molar-refractivity contribution < 1.29 is 4.79 Å². The maximum absolute atomic E-state index is 13.2. The average molecular weight is 464 g/mol. The molecular formula is C24H26ClN7O. The molecule has 0 aliphatic carbocycles. The summed E-state index contributed by atoms with van der Waals surface area (Å²) < 4.78 is 3.68. The van der Waals surface area contributed by atoms with Gasteiger partial charge in [-0.05, 0) is 31.5 Å². The van der Waals surface area contributed by atoms with Crippen LogP contribution in [0.5, 0.6) is 0 Å². The Hall–Kier alpha value is -3.23. The van der Waals surface area contributed by atoms with Crippen molar-refractivity contribution >= 4 is 23.2 Å². The SMILES string of the molecule is CCn1ncc(-c2ccnc3cc(C(=O)N4CCN(Cc5ccccc5Cl)CC4)nn23)c1C. The Labute approximate surface area is 197 Å². The third-order valence-corrected chi connectivity index (χ3v) is 6.64. The molecule has 1 aliphatic heterocycles. The van der Waals surface area contributed by atoms with E-state index >= 15 is 0 Å². The zero-order chi connectivity index (χ0) is 22.9. The lowest BCUT2D eigenvalue weighted by Gasteiger charge is -2.34. The number of hydrogen-bond donors (Lipinski definition) is 0. The smallest absolute Gasteiger partial charge is 0.274 e. The largest absolute Gasteiger partial charge is 0.335 e. The summed E-state index contributed by atoms with van der Waals surface area (Å²) in [5.74, 6) is -0.0650. The van der Waals surface area contributed by atoms with E-state index in [4.69, 9.17) is 11.6 Å². The van der Waals surface area contributed by atoms with Crippen LogP contribution in [0.25, 0.3) is 16.9 Å². The molecule has 4 heterocycles. The van der Waals surface area contributed by atoms with Gasteiger partial charge in [-0.25, -0.2) is 9.50 Å². The summed E-state index contributed by atoms with van der Waals surface area (Å²) in [5.41, 5.74) is 5.09. The number of rotatable bonds is 5. The summed E-state index contributed by atoms with van der Waals surface area (Å²) in [7, 11) is 0. The molecule has 3 aromatic heterocycles. The van der Waals surface area contributed by atoms with E-state index in [9.17, 15) is 4.79 Å². The highest BCUT2D eigenvalue weighted by Gasteiger charge is 2.25. The average Bonchev–Trinajstić information content (AvgIpc) is 3.44. The van der Waals surface area contributed by atoms with E-state index in [1.54, 1.807) is 16.8 Å². The molecular weight excluding hydrogens is 438 g/mol. The fourth-order valence-electron chi connectivity index (χ4n) is 4.36.